The van der Waals surface area contributed by atoms with Crippen LogP contribution in [0.15, 0.2) is 41.0 Å². The quantitative estimate of drug-likeness (QED) is 0.716. The van der Waals surface area contributed by atoms with Crippen molar-refractivity contribution in [2.45, 2.75) is 11.9 Å². The molecule has 3 nitrogen and oxygen atoms in total. The molecule has 0 unspecified atom stereocenters. The molecule has 0 aliphatic heterocycles. The molecule has 0 aliphatic carbocycles. The second-order valence-electron chi connectivity index (χ2n) is 3.82. The normalized spacial score (nSPS) is 10.3. The first-order valence-corrected chi connectivity index (χ1v) is 7.61. The first-order chi connectivity index (χ1) is 9.26. The van der Waals surface area contributed by atoms with Crippen LogP contribution < -0.4 is 9.47 Å². The molecule has 5 heteroatoms. The molecule has 0 N–H and O–H groups in total. The van der Waals surface area contributed by atoms with Crippen molar-refractivity contribution >= 4 is 31.9 Å². The van der Waals surface area contributed by atoms with Gasteiger partial charge in [0.25, 0.3) is 0 Å². The predicted molar refractivity (Wildman–Crippen MR) is 81.9 cm³/mol. The molecule has 0 saturated carbocycles. The van der Waals surface area contributed by atoms with Gasteiger partial charge in [-0.1, -0.05) is 28.1 Å². The lowest BCUT2D eigenvalue weighted by Gasteiger charge is -2.13. The highest BCUT2D eigenvalue weighted by molar-refractivity contribution is 9.10. The molecule has 19 heavy (non-hydrogen) atoms. The number of hydrogen-bond acceptors (Lipinski definition) is 3. The van der Waals surface area contributed by atoms with Gasteiger partial charge in [-0.05, 0) is 34.1 Å². The number of hydrogen-bond donors (Lipinski definition) is 0. The van der Waals surface area contributed by atoms with E-state index in [1.54, 1.807) is 13.3 Å². The molecule has 1 aromatic heterocycles. The fourth-order valence-electron chi connectivity index (χ4n) is 1.69. The highest BCUT2D eigenvalue weighted by Crippen LogP contribution is 2.31. The minimum absolute atomic E-state index is 0.416. The van der Waals surface area contributed by atoms with Crippen LogP contribution in [-0.4, -0.2) is 12.1 Å². The van der Waals surface area contributed by atoms with Gasteiger partial charge >= 0.3 is 0 Å². The van der Waals surface area contributed by atoms with Crippen LogP contribution in [0.2, 0.25) is 0 Å². The molecule has 1 aromatic carbocycles. The van der Waals surface area contributed by atoms with Crippen LogP contribution in [0, 0.1) is 0 Å². The van der Waals surface area contributed by atoms with Gasteiger partial charge in [-0.3, -0.25) is 0 Å². The Morgan fingerprint density at radius 2 is 1.95 bits per heavy atom. The average molecular weight is 387 g/mol. The van der Waals surface area contributed by atoms with Gasteiger partial charge in [-0.25, -0.2) is 4.98 Å². The van der Waals surface area contributed by atoms with Gasteiger partial charge in [0.15, 0.2) is 0 Å². The molecule has 2 aromatic rings. The third-order valence-electron chi connectivity index (χ3n) is 2.61. The van der Waals surface area contributed by atoms with E-state index in [-0.39, 0.29) is 0 Å². The fourth-order valence-corrected chi connectivity index (χ4v) is 2.65. The summed E-state index contributed by atoms with van der Waals surface area (Å²) >= 11 is 6.96. The average Bonchev–Trinajstić information content (AvgIpc) is 2.46. The molecular weight excluding hydrogens is 374 g/mol. The zero-order valence-corrected chi connectivity index (χ0v) is 13.6. The van der Waals surface area contributed by atoms with Crippen molar-refractivity contribution in [3.63, 3.8) is 0 Å². The maximum atomic E-state index is 5.89. The molecule has 0 spiro atoms. The summed E-state index contributed by atoms with van der Waals surface area (Å²) in [6, 6.07) is 9.78. The number of para-hydroxylation sites is 1. The minimum atomic E-state index is 0.416. The van der Waals surface area contributed by atoms with Crippen LogP contribution in [0.25, 0.3) is 0 Å². The van der Waals surface area contributed by atoms with E-state index in [4.69, 9.17) is 9.47 Å². The lowest BCUT2D eigenvalue weighted by atomic mass is 10.2. The van der Waals surface area contributed by atoms with Crippen molar-refractivity contribution < 1.29 is 9.47 Å². The molecule has 100 valence electrons. The zero-order chi connectivity index (χ0) is 13.7. The molecule has 0 radical (unpaired) electrons. The topological polar surface area (TPSA) is 31.4 Å². The summed E-state index contributed by atoms with van der Waals surface area (Å²) < 4.78 is 12.0. The molecule has 0 saturated heterocycles. The van der Waals surface area contributed by atoms with Gasteiger partial charge in [0.2, 0.25) is 5.88 Å². The summed E-state index contributed by atoms with van der Waals surface area (Å²) in [5, 5.41) is 0.742. The Morgan fingerprint density at radius 3 is 2.68 bits per heavy atom. The second-order valence-corrected chi connectivity index (χ2v) is 5.24. The second kappa shape index (κ2) is 6.91. The van der Waals surface area contributed by atoms with Crippen LogP contribution in [-0.2, 0) is 11.9 Å². The van der Waals surface area contributed by atoms with Crippen LogP contribution in [0.5, 0.6) is 11.6 Å². The lowest BCUT2D eigenvalue weighted by Crippen LogP contribution is -2.02. The molecule has 1 heterocycles. The van der Waals surface area contributed by atoms with Gasteiger partial charge in [-0.15, -0.1) is 0 Å². The Kier molecular flexibility index (Phi) is 5.22. The van der Waals surface area contributed by atoms with E-state index in [2.05, 4.69) is 36.8 Å². The first kappa shape index (κ1) is 14.3. The van der Waals surface area contributed by atoms with E-state index < -0.39 is 0 Å². The van der Waals surface area contributed by atoms with E-state index in [1.165, 1.54) is 0 Å². The fraction of sp³-hybridized carbons (Fsp3) is 0.214. The molecule has 0 amide bonds. The monoisotopic (exact) mass is 385 g/mol. The standard InChI is InChI=1S/C14H13Br2NO2/c1-18-14-11(5-3-7-17-14)9-19-13-10(8-15)4-2-6-12(13)16/h2-7H,8-9H2,1H3. The Bertz CT molecular complexity index is 561. The zero-order valence-electron chi connectivity index (χ0n) is 10.4. The molecule has 0 aliphatic rings. The lowest BCUT2D eigenvalue weighted by molar-refractivity contribution is 0.290. The minimum Gasteiger partial charge on any atom is -0.487 e. The summed E-state index contributed by atoms with van der Waals surface area (Å²) in [5.41, 5.74) is 2.01. The third-order valence-corrected chi connectivity index (χ3v) is 3.84. The molecule has 0 atom stereocenters. The molecule has 0 bridgehead atoms. The number of ether oxygens (including phenoxy) is 2. The number of benzene rings is 1. The molecule has 2 rings (SSSR count). The maximum Gasteiger partial charge on any atom is 0.219 e. The summed E-state index contributed by atoms with van der Waals surface area (Å²) in [6.07, 6.45) is 1.70. The van der Waals surface area contributed by atoms with Crippen molar-refractivity contribution in [2.24, 2.45) is 0 Å². The molecule has 0 fully saturated rings. The van der Waals surface area contributed by atoms with Crippen molar-refractivity contribution in [3.8, 4) is 11.6 Å². The number of pyridine rings is 1. The number of aromatic nitrogens is 1. The number of methoxy groups -OCH3 is 1. The van der Waals surface area contributed by atoms with Gasteiger partial charge in [0.05, 0.1) is 17.1 Å². The summed E-state index contributed by atoms with van der Waals surface area (Å²) in [6.45, 7) is 0.416. The highest BCUT2D eigenvalue weighted by atomic mass is 79.9. The first-order valence-electron chi connectivity index (χ1n) is 5.70. The van der Waals surface area contributed by atoms with E-state index in [0.717, 1.165) is 26.7 Å². The van der Waals surface area contributed by atoms with Crippen molar-refractivity contribution in [3.05, 3.63) is 52.1 Å². The number of alkyl halides is 1. The highest BCUT2D eigenvalue weighted by Gasteiger charge is 2.09. The number of halogens is 2. The Balaban J connectivity index is 2.19. The smallest absolute Gasteiger partial charge is 0.219 e. The van der Waals surface area contributed by atoms with Crippen LogP contribution in [0.4, 0.5) is 0 Å². The maximum absolute atomic E-state index is 5.89. The largest absolute Gasteiger partial charge is 0.487 e. The van der Waals surface area contributed by atoms with Gasteiger partial charge in [-0.2, -0.15) is 0 Å². The number of rotatable bonds is 5. The molecular formula is C14H13Br2NO2. The predicted octanol–water partition coefficient (Wildman–Crippen LogP) is 4.33. The summed E-state index contributed by atoms with van der Waals surface area (Å²) in [4.78, 5) is 4.15. The van der Waals surface area contributed by atoms with Crippen molar-refractivity contribution in [2.75, 3.05) is 7.11 Å². The van der Waals surface area contributed by atoms with Crippen LogP contribution >= 0.6 is 31.9 Å². The van der Waals surface area contributed by atoms with E-state index >= 15 is 0 Å². The van der Waals surface area contributed by atoms with Crippen molar-refractivity contribution in [1.29, 1.82) is 0 Å². The van der Waals surface area contributed by atoms with Crippen molar-refractivity contribution in [1.82, 2.24) is 4.98 Å². The van der Waals surface area contributed by atoms with E-state index in [0.29, 0.717) is 12.5 Å². The Morgan fingerprint density at radius 1 is 1.16 bits per heavy atom. The van der Waals surface area contributed by atoms with Gasteiger partial charge < -0.3 is 9.47 Å². The van der Waals surface area contributed by atoms with E-state index in [9.17, 15) is 0 Å². The van der Waals surface area contributed by atoms with Crippen LogP contribution in [0.1, 0.15) is 11.1 Å². The Hall–Kier alpha value is -1.07. The van der Waals surface area contributed by atoms with E-state index in [1.807, 2.05) is 30.3 Å². The SMILES string of the molecule is COc1ncccc1COc1c(Br)cccc1CBr. The Labute approximate surface area is 129 Å². The third kappa shape index (κ3) is 3.48. The van der Waals surface area contributed by atoms with Gasteiger partial charge in [0, 0.05) is 17.1 Å². The van der Waals surface area contributed by atoms with Crippen LogP contribution in [0.3, 0.4) is 0 Å². The number of nitrogens with zero attached hydrogens (tertiary/aromatic N) is 1. The summed E-state index contributed by atoms with van der Waals surface area (Å²) in [5.74, 6) is 1.43. The van der Waals surface area contributed by atoms with Gasteiger partial charge in [0.1, 0.15) is 12.4 Å². The summed E-state index contributed by atoms with van der Waals surface area (Å²) in [7, 11) is 1.61.